The highest BCUT2D eigenvalue weighted by atomic mass is 79.9. The molecule has 0 spiro atoms. The highest BCUT2D eigenvalue weighted by molar-refractivity contribution is 9.10. The van der Waals surface area contributed by atoms with Crippen molar-refractivity contribution in [2.24, 2.45) is 5.73 Å². The van der Waals surface area contributed by atoms with Crippen molar-refractivity contribution in [2.75, 3.05) is 6.54 Å². The van der Waals surface area contributed by atoms with Gasteiger partial charge in [-0.3, -0.25) is 4.79 Å². The number of nitrogens with two attached hydrogens (primary N) is 1. The van der Waals surface area contributed by atoms with E-state index in [2.05, 4.69) is 21.2 Å². The van der Waals surface area contributed by atoms with E-state index in [1.165, 1.54) is 0 Å². The smallest absolute Gasteiger partial charge is 0.251 e. The molecule has 1 rings (SSSR count). The molecule has 1 aromatic rings. The Kier molecular flexibility index (Phi) is 3.88. The summed E-state index contributed by atoms with van der Waals surface area (Å²) in [5.41, 5.74) is 6.01. The molecular weight excluding hydrogens is 256 g/mol. The van der Waals surface area contributed by atoms with Crippen molar-refractivity contribution in [1.29, 1.82) is 0 Å². The van der Waals surface area contributed by atoms with E-state index in [0.717, 1.165) is 4.47 Å². The highest BCUT2D eigenvalue weighted by Crippen LogP contribution is 2.11. The molecule has 0 saturated heterocycles. The van der Waals surface area contributed by atoms with Crippen molar-refractivity contribution in [3.8, 4) is 0 Å². The molecule has 0 unspecified atom stereocenters. The first-order valence-corrected chi connectivity index (χ1v) is 5.50. The first-order chi connectivity index (χ1) is 6.88. The zero-order valence-electron chi connectivity index (χ0n) is 8.88. The summed E-state index contributed by atoms with van der Waals surface area (Å²) < 4.78 is 0.891. The maximum absolute atomic E-state index is 11.7. The van der Waals surface area contributed by atoms with Crippen LogP contribution in [0.3, 0.4) is 0 Å². The number of nitrogens with one attached hydrogen (secondary N) is 1. The predicted octanol–water partition coefficient (Wildman–Crippen LogP) is 1.92. The van der Waals surface area contributed by atoms with Crippen molar-refractivity contribution in [1.82, 2.24) is 5.32 Å². The number of amides is 1. The largest absolute Gasteiger partial charge is 0.350 e. The van der Waals surface area contributed by atoms with Gasteiger partial charge in [-0.2, -0.15) is 0 Å². The lowest BCUT2D eigenvalue weighted by Crippen LogP contribution is -2.45. The third kappa shape index (κ3) is 4.44. The van der Waals surface area contributed by atoms with Gasteiger partial charge in [-0.05, 0) is 32.0 Å². The fraction of sp³-hybridized carbons (Fsp3) is 0.364. The fourth-order valence-electron chi connectivity index (χ4n) is 1.04. The van der Waals surface area contributed by atoms with Crippen molar-refractivity contribution in [3.63, 3.8) is 0 Å². The van der Waals surface area contributed by atoms with E-state index in [0.29, 0.717) is 12.1 Å². The molecule has 0 heterocycles. The lowest BCUT2D eigenvalue weighted by atomic mass is 10.1. The van der Waals surface area contributed by atoms with Gasteiger partial charge in [0.2, 0.25) is 0 Å². The Balaban J connectivity index is 2.62. The Labute approximate surface area is 98.2 Å². The maximum Gasteiger partial charge on any atom is 0.251 e. The minimum atomic E-state index is -0.387. The van der Waals surface area contributed by atoms with Crippen LogP contribution in [0.4, 0.5) is 0 Å². The summed E-state index contributed by atoms with van der Waals surface area (Å²) in [6, 6.07) is 7.25. The van der Waals surface area contributed by atoms with Crippen LogP contribution in [0, 0.1) is 0 Å². The van der Waals surface area contributed by atoms with Crippen LogP contribution < -0.4 is 11.1 Å². The molecule has 0 aliphatic rings. The summed E-state index contributed by atoms with van der Waals surface area (Å²) in [5.74, 6) is -0.102. The number of hydrogen-bond acceptors (Lipinski definition) is 2. The molecule has 1 amide bonds. The van der Waals surface area contributed by atoms with Gasteiger partial charge in [0.25, 0.3) is 5.91 Å². The first-order valence-electron chi connectivity index (χ1n) is 4.71. The van der Waals surface area contributed by atoms with Gasteiger partial charge in [0.15, 0.2) is 0 Å². The van der Waals surface area contributed by atoms with Crippen LogP contribution in [0.2, 0.25) is 0 Å². The lowest BCUT2D eigenvalue weighted by molar-refractivity contribution is 0.0946. The monoisotopic (exact) mass is 270 g/mol. The van der Waals surface area contributed by atoms with Gasteiger partial charge in [0.1, 0.15) is 0 Å². The van der Waals surface area contributed by atoms with Crippen LogP contribution in [-0.2, 0) is 0 Å². The van der Waals surface area contributed by atoms with Gasteiger partial charge in [-0.1, -0.05) is 22.0 Å². The van der Waals surface area contributed by atoms with Crippen LogP contribution in [0.5, 0.6) is 0 Å². The number of hydrogen-bond donors (Lipinski definition) is 2. The number of carbonyl (C=O) groups is 1. The molecule has 0 bridgehead atoms. The number of carbonyl (C=O) groups excluding carboxylic acids is 1. The number of rotatable bonds is 3. The average Bonchev–Trinajstić information content (AvgIpc) is 2.13. The zero-order valence-corrected chi connectivity index (χ0v) is 10.5. The Morgan fingerprint density at radius 3 is 2.73 bits per heavy atom. The van der Waals surface area contributed by atoms with Crippen LogP contribution in [0.15, 0.2) is 28.7 Å². The SMILES string of the molecule is CC(C)(N)CNC(=O)c1cccc(Br)c1. The lowest BCUT2D eigenvalue weighted by Gasteiger charge is -2.18. The van der Waals surface area contributed by atoms with Gasteiger partial charge in [0, 0.05) is 22.1 Å². The minimum absolute atomic E-state index is 0.102. The summed E-state index contributed by atoms with van der Waals surface area (Å²) in [7, 11) is 0. The Hall–Kier alpha value is -0.870. The summed E-state index contributed by atoms with van der Waals surface area (Å²) in [6.45, 7) is 4.20. The Bertz CT molecular complexity index is 358. The molecule has 0 atom stereocenters. The molecule has 3 N–H and O–H groups in total. The second-order valence-electron chi connectivity index (χ2n) is 4.18. The van der Waals surface area contributed by atoms with Crippen molar-refractivity contribution < 1.29 is 4.79 Å². The van der Waals surface area contributed by atoms with Crippen LogP contribution in [-0.4, -0.2) is 18.0 Å². The first kappa shape index (κ1) is 12.2. The second kappa shape index (κ2) is 4.77. The van der Waals surface area contributed by atoms with E-state index in [1.807, 2.05) is 26.0 Å². The zero-order chi connectivity index (χ0) is 11.5. The van der Waals surface area contributed by atoms with Crippen LogP contribution in [0.25, 0.3) is 0 Å². The third-order valence-electron chi connectivity index (χ3n) is 1.79. The van der Waals surface area contributed by atoms with Crippen LogP contribution >= 0.6 is 15.9 Å². The number of benzene rings is 1. The molecule has 82 valence electrons. The predicted molar refractivity (Wildman–Crippen MR) is 64.7 cm³/mol. The molecule has 3 nitrogen and oxygen atoms in total. The molecule has 0 aliphatic carbocycles. The van der Waals surface area contributed by atoms with E-state index in [9.17, 15) is 4.79 Å². The van der Waals surface area contributed by atoms with E-state index < -0.39 is 0 Å². The topological polar surface area (TPSA) is 55.1 Å². The molecule has 0 saturated carbocycles. The van der Waals surface area contributed by atoms with Gasteiger partial charge in [-0.15, -0.1) is 0 Å². The average molecular weight is 271 g/mol. The van der Waals surface area contributed by atoms with E-state index in [-0.39, 0.29) is 11.4 Å². The van der Waals surface area contributed by atoms with E-state index in [1.54, 1.807) is 12.1 Å². The Morgan fingerprint density at radius 1 is 1.53 bits per heavy atom. The molecule has 0 fully saturated rings. The van der Waals surface area contributed by atoms with Crippen molar-refractivity contribution in [2.45, 2.75) is 19.4 Å². The molecule has 0 aliphatic heterocycles. The van der Waals surface area contributed by atoms with Crippen LogP contribution in [0.1, 0.15) is 24.2 Å². The van der Waals surface area contributed by atoms with Gasteiger partial charge in [0.05, 0.1) is 0 Å². The fourth-order valence-corrected chi connectivity index (χ4v) is 1.44. The van der Waals surface area contributed by atoms with Crippen molar-refractivity contribution in [3.05, 3.63) is 34.3 Å². The highest BCUT2D eigenvalue weighted by Gasteiger charge is 2.13. The quantitative estimate of drug-likeness (QED) is 0.882. The summed E-state index contributed by atoms with van der Waals surface area (Å²) in [4.78, 5) is 11.7. The standard InChI is InChI=1S/C11H15BrN2O/c1-11(2,13)7-14-10(15)8-4-3-5-9(12)6-8/h3-6H,7,13H2,1-2H3,(H,14,15). The molecule has 0 aromatic heterocycles. The normalized spacial score (nSPS) is 11.2. The van der Waals surface area contributed by atoms with E-state index >= 15 is 0 Å². The van der Waals surface area contributed by atoms with Gasteiger partial charge < -0.3 is 11.1 Å². The van der Waals surface area contributed by atoms with Crippen molar-refractivity contribution >= 4 is 21.8 Å². The van der Waals surface area contributed by atoms with Gasteiger partial charge in [-0.25, -0.2) is 0 Å². The second-order valence-corrected chi connectivity index (χ2v) is 5.10. The molecule has 4 heteroatoms. The molecule has 1 aromatic carbocycles. The summed E-state index contributed by atoms with van der Waals surface area (Å²) >= 11 is 3.32. The third-order valence-corrected chi connectivity index (χ3v) is 2.28. The summed E-state index contributed by atoms with van der Waals surface area (Å²) in [6.07, 6.45) is 0. The maximum atomic E-state index is 11.7. The molecule has 0 radical (unpaired) electrons. The number of halogens is 1. The molecule has 15 heavy (non-hydrogen) atoms. The van der Waals surface area contributed by atoms with Gasteiger partial charge >= 0.3 is 0 Å². The minimum Gasteiger partial charge on any atom is -0.350 e. The Morgan fingerprint density at radius 2 is 2.20 bits per heavy atom. The van der Waals surface area contributed by atoms with E-state index in [4.69, 9.17) is 5.73 Å². The molecular formula is C11H15BrN2O. The summed E-state index contributed by atoms with van der Waals surface area (Å²) in [5, 5.41) is 2.78.